The maximum atomic E-state index is 4.59. The summed E-state index contributed by atoms with van der Waals surface area (Å²) in [6.07, 6.45) is 0. The maximum Gasteiger partial charge on any atom is 0.0729 e. The van der Waals surface area contributed by atoms with Crippen LogP contribution in [0.3, 0.4) is 0 Å². The molecule has 0 amide bonds. The Hall–Kier alpha value is -4.22. The van der Waals surface area contributed by atoms with Gasteiger partial charge in [-0.1, -0.05) is 97.1 Å². The number of rotatable bonds is 5. The van der Waals surface area contributed by atoms with Gasteiger partial charge in [0.25, 0.3) is 0 Å². The van der Waals surface area contributed by atoms with Gasteiger partial charge >= 0.3 is 0 Å². The molecule has 30 heavy (non-hydrogen) atoms. The summed E-state index contributed by atoms with van der Waals surface area (Å²) in [5.41, 5.74) is 5.38. The number of allylic oxidation sites excluding steroid dienone is 2. The molecule has 0 fully saturated rings. The molecule has 0 bridgehead atoms. The van der Waals surface area contributed by atoms with E-state index in [1.807, 2.05) is 97.1 Å². The quantitative estimate of drug-likeness (QED) is 0.258. The highest BCUT2D eigenvalue weighted by Gasteiger charge is 2.11. The van der Waals surface area contributed by atoms with E-state index < -0.39 is 0 Å². The van der Waals surface area contributed by atoms with Crippen molar-refractivity contribution in [2.24, 2.45) is 9.98 Å². The summed E-state index contributed by atoms with van der Waals surface area (Å²) in [7, 11) is 0. The van der Waals surface area contributed by atoms with Crippen molar-refractivity contribution in [3.63, 3.8) is 0 Å². The highest BCUT2D eigenvalue weighted by Crippen LogP contribution is 2.28. The molecule has 142 valence electrons. The van der Waals surface area contributed by atoms with Crippen LogP contribution in [0.25, 0.3) is 11.1 Å². The highest BCUT2D eigenvalue weighted by atomic mass is 14.7. The van der Waals surface area contributed by atoms with E-state index in [2.05, 4.69) is 46.0 Å². The summed E-state index contributed by atoms with van der Waals surface area (Å²) in [6, 6.07) is 39.9. The molecule has 0 aliphatic carbocycles. The second-order valence-electron chi connectivity index (χ2n) is 6.60. The average molecular weight is 384 g/mol. The van der Waals surface area contributed by atoms with Gasteiger partial charge in [0.15, 0.2) is 0 Å². The van der Waals surface area contributed by atoms with E-state index in [1.54, 1.807) is 0 Å². The molecule has 0 aromatic heterocycles. The molecule has 0 saturated heterocycles. The van der Waals surface area contributed by atoms with Gasteiger partial charge in [-0.15, -0.1) is 0 Å². The van der Waals surface area contributed by atoms with E-state index in [-0.39, 0.29) is 0 Å². The normalized spacial score (nSPS) is 9.73. The van der Waals surface area contributed by atoms with Crippen LogP contribution < -0.4 is 0 Å². The van der Waals surface area contributed by atoms with Crippen LogP contribution >= 0.6 is 0 Å². The van der Waals surface area contributed by atoms with Crippen molar-refractivity contribution in [3.8, 4) is 0 Å². The molecule has 0 aliphatic heterocycles. The Morgan fingerprint density at radius 1 is 0.400 bits per heavy atom. The number of benzene rings is 4. The van der Waals surface area contributed by atoms with Gasteiger partial charge in [0.2, 0.25) is 0 Å². The van der Waals surface area contributed by atoms with Gasteiger partial charge in [-0.3, -0.25) is 0 Å². The Morgan fingerprint density at radius 3 is 1.03 bits per heavy atom. The predicted octanol–water partition coefficient (Wildman–Crippen LogP) is 7.16. The van der Waals surface area contributed by atoms with E-state index >= 15 is 0 Å². The largest absolute Gasteiger partial charge is 0.206 e. The lowest BCUT2D eigenvalue weighted by molar-refractivity contribution is 1.54. The topological polar surface area (TPSA) is 24.7 Å². The molecule has 0 atom stereocenters. The standard InChI is InChI=1S/C28H20N2/c1-5-13-23(14-6-1)27(21-29-25-17-9-3-10-18-25)28(24-15-7-2-8-16-24)22-30-26-19-11-4-12-20-26/h1-20H. The highest BCUT2D eigenvalue weighted by molar-refractivity contribution is 6.23. The fraction of sp³-hybridized carbons (Fsp3) is 0. The number of hydrogen-bond acceptors (Lipinski definition) is 2. The van der Waals surface area contributed by atoms with Crippen molar-refractivity contribution in [3.05, 3.63) is 132 Å². The molecule has 0 heterocycles. The van der Waals surface area contributed by atoms with Crippen LogP contribution in [-0.2, 0) is 0 Å². The van der Waals surface area contributed by atoms with Crippen LogP contribution in [0.2, 0.25) is 0 Å². The van der Waals surface area contributed by atoms with Crippen molar-refractivity contribution in [1.29, 1.82) is 0 Å². The summed E-state index contributed by atoms with van der Waals surface area (Å²) < 4.78 is 0. The first-order valence-electron chi connectivity index (χ1n) is 9.79. The number of aliphatic imine (C=N–C) groups is 2. The van der Waals surface area contributed by atoms with Gasteiger partial charge in [-0.2, -0.15) is 0 Å². The molecule has 4 aromatic rings. The number of para-hydroxylation sites is 2. The average Bonchev–Trinajstić information content (AvgIpc) is 2.83. The predicted molar refractivity (Wildman–Crippen MR) is 127 cm³/mol. The molecular weight excluding hydrogens is 364 g/mol. The third kappa shape index (κ3) is 4.98. The zero-order valence-corrected chi connectivity index (χ0v) is 16.4. The van der Waals surface area contributed by atoms with Gasteiger partial charge < -0.3 is 0 Å². The monoisotopic (exact) mass is 384 g/mol. The molecule has 2 nitrogen and oxygen atoms in total. The molecule has 0 unspecified atom stereocenters. The smallest absolute Gasteiger partial charge is 0.0729 e. The Labute approximate surface area is 176 Å². The molecule has 0 saturated carbocycles. The minimum absolute atomic E-state index is 0.838. The van der Waals surface area contributed by atoms with Crippen molar-refractivity contribution in [2.45, 2.75) is 0 Å². The Bertz CT molecular complexity index is 1110. The summed E-state index contributed by atoms with van der Waals surface area (Å²) in [5, 5.41) is 0. The molecule has 4 aromatic carbocycles. The Morgan fingerprint density at radius 2 is 0.700 bits per heavy atom. The molecule has 0 N–H and O–H groups in total. The zero-order valence-electron chi connectivity index (χ0n) is 16.4. The molecular formula is C28H20N2. The Kier molecular flexibility index (Phi) is 6.25. The third-order valence-electron chi connectivity index (χ3n) is 4.48. The van der Waals surface area contributed by atoms with Crippen molar-refractivity contribution >= 4 is 34.3 Å². The molecule has 4 rings (SSSR count). The lowest BCUT2D eigenvalue weighted by atomic mass is 9.94. The first-order chi connectivity index (χ1) is 14.9. The van der Waals surface area contributed by atoms with Crippen LogP contribution in [0.15, 0.2) is 131 Å². The number of nitrogens with zero attached hydrogens (tertiary/aromatic N) is 2. The van der Waals surface area contributed by atoms with Crippen LogP contribution in [0.5, 0.6) is 0 Å². The molecule has 2 heteroatoms. The van der Waals surface area contributed by atoms with Gasteiger partial charge in [0.1, 0.15) is 0 Å². The van der Waals surface area contributed by atoms with Crippen LogP contribution in [0.1, 0.15) is 11.1 Å². The first kappa shape index (κ1) is 19.1. The molecule has 0 aliphatic rings. The van der Waals surface area contributed by atoms with Crippen molar-refractivity contribution in [2.75, 3.05) is 0 Å². The molecule has 0 spiro atoms. The van der Waals surface area contributed by atoms with Crippen LogP contribution in [-0.4, -0.2) is 11.7 Å². The second-order valence-corrected chi connectivity index (χ2v) is 6.60. The van der Waals surface area contributed by atoms with Crippen molar-refractivity contribution < 1.29 is 0 Å². The van der Waals surface area contributed by atoms with Gasteiger partial charge in [0, 0.05) is 0 Å². The van der Waals surface area contributed by atoms with E-state index in [0.717, 1.165) is 33.6 Å². The lowest BCUT2D eigenvalue weighted by Crippen LogP contribution is -1.92. The molecule has 0 radical (unpaired) electrons. The van der Waals surface area contributed by atoms with E-state index in [0.29, 0.717) is 0 Å². The van der Waals surface area contributed by atoms with Gasteiger partial charge in [0.05, 0.1) is 22.5 Å². The van der Waals surface area contributed by atoms with E-state index in [1.165, 1.54) is 0 Å². The van der Waals surface area contributed by atoms with Gasteiger partial charge in [-0.05, 0) is 47.1 Å². The maximum absolute atomic E-state index is 4.59. The van der Waals surface area contributed by atoms with Crippen LogP contribution in [0, 0.1) is 0 Å². The first-order valence-corrected chi connectivity index (χ1v) is 9.79. The zero-order chi connectivity index (χ0) is 20.4. The summed E-state index contributed by atoms with van der Waals surface area (Å²) in [5.74, 6) is 6.54. The van der Waals surface area contributed by atoms with Crippen LogP contribution in [0.4, 0.5) is 11.4 Å². The van der Waals surface area contributed by atoms with Crippen molar-refractivity contribution in [1.82, 2.24) is 0 Å². The van der Waals surface area contributed by atoms with E-state index in [9.17, 15) is 0 Å². The van der Waals surface area contributed by atoms with Gasteiger partial charge in [-0.25, -0.2) is 9.98 Å². The minimum Gasteiger partial charge on any atom is -0.206 e. The lowest BCUT2D eigenvalue weighted by Gasteiger charge is -2.08. The SMILES string of the molecule is C(=Nc1ccccc1)=C(C(=C=Nc1ccccc1)c1ccccc1)c1ccccc1. The fourth-order valence-corrected chi connectivity index (χ4v) is 2.99. The summed E-state index contributed by atoms with van der Waals surface area (Å²) in [6.45, 7) is 0. The van der Waals surface area contributed by atoms with E-state index in [4.69, 9.17) is 0 Å². The summed E-state index contributed by atoms with van der Waals surface area (Å²) in [4.78, 5) is 9.19. The number of hydrogen-bond donors (Lipinski definition) is 0. The second kappa shape index (κ2) is 9.82. The fourth-order valence-electron chi connectivity index (χ4n) is 2.99. The Balaban J connectivity index is 1.94. The third-order valence-corrected chi connectivity index (χ3v) is 4.48. The summed E-state index contributed by atoms with van der Waals surface area (Å²) >= 11 is 0. The minimum atomic E-state index is 0.838.